The zero-order chi connectivity index (χ0) is 17.9. The molecule has 0 fully saturated rings. The van der Waals surface area contributed by atoms with Gasteiger partial charge in [0.1, 0.15) is 5.76 Å². The van der Waals surface area contributed by atoms with E-state index in [1.54, 1.807) is 24.3 Å². The van der Waals surface area contributed by atoms with Gasteiger partial charge in [0.05, 0.1) is 11.3 Å². The van der Waals surface area contributed by atoms with Crippen molar-refractivity contribution >= 4 is 29.3 Å². The number of Topliss-reactive ketones (excluding diaryl/α,β-unsaturated/α-hetero) is 1. The van der Waals surface area contributed by atoms with E-state index in [2.05, 4.69) is 10.3 Å². The van der Waals surface area contributed by atoms with Crippen molar-refractivity contribution in [3.8, 4) is 0 Å². The Morgan fingerprint density at radius 3 is 2.67 bits per heavy atom. The molecule has 24 heavy (non-hydrogen) atoms. The Morgan fingerprint density at radius 1 is 1.33 bits per heavy atom. The van der Waals surface area contributed by atoms with Crippen molar-refractivity contribution in [2.24, 2.45) is 16.3 Å². The molecular formula is C19H24N2O3. The minimum Gasteiger partial charge on any atom is -0.511 e. The molecule has 0 radical (unpaired) electrons. The van der Waals surface area contributed by atoms with Gasteiger partial charge in [0.25, 0.3) is 0 Å². The number of anilines is 1. The first-order chi connectivity index (χ1) is 11.2. The molecule has 0 unspecified atom stereocenters. The molecule has 0 heterocycles. The number of nitrogens with one attached hydrogen (secondary N) is 1. The normalized spacial score (nSPS) is 17.6. The molecule has 2 N–H and O–H groups in total. The van der Waals surface area contributed by atoms with Gasteiger partial charge in [-0.25, -0.2) is 0 Å². The Kier molecular flexibility index (Phi) is 5.22. The maximum Gasteiger partial charge on any atom is 0.226 e. The van der Waals surface area contributed by atoms with Crippen molar-refractivity contribution in [1.29, 1.82) is 0 Å². The lowest BCUT2D eigenvalue weighted by Crippen LogP contribution is -2.26. The van der Waals surface area contributed by atoms with E-state index in [9.17, 15) is 14.7 Å². The van der Waals surface area contributed by atoms with Gasteiger partial charge < -0.3 is 10.4 Å². The third-order valence-electron chi connectivity index (χ3n) is 3.88. The average molecular weight is 328 g/mol. The Bertz CT molecular complexity index is 715. The summed E-state index contributed by atoms with van der Waals surface area (Å²) < 4.78 is 0. The summed E-state index contributed by atoms with van der Waals surface area (Å²) in [6.07, 6.45) is 2.27. The van der Waals surface area contributed by atoms with Gasteiger partial charge in [-0.15, -0.1) is 0 Å². The fourth-order valence-electron chi connectivity index (χ4n) is 2.54. The highest BCUT2D eigenvalue weighted by Crippen LogP contribution is 2.35. The molecule has 1 aliphatic carbocycles. The standard InChI is InChI=1S/C19H24N2O3/c1-12(2)18(24)21-14-7-5-6-13(8-14)20-11-15-16(22)9-19(3,4)10-17(15)23/h5-8,11-12,22H,9-10H2,1-4H3,(H,21,24). The summed E-state index contributed by atoms with van der Waals surface area (Å²) in [5.41, 5.74) is 1.30. The number of hydrogen-bond donors (Lipinski definition) is 2. The number of nitrogens with zero attached hydrogens (tertiary/aromatic N) is 1. The van der Waals surface area contributed by atoms with Crippen molar-refractivity contribution in [2.75, 3.05) is 5.32 Å². The molecule has 0 atom stereocenters. The van der Waals surface area contributed by atoms with E-state index in [4.69, 9.17) is 0 Å². The van der Waals surface area contributed by atoms with Gasteiger partial charge in [-0.2, -0.15) is 0 Å². The molecule has 2 rings (SSSR count). The van der Waals surface area contributed by atoms with Crippen LogP contribution in [0.25, 0.3) is 0 Å². The van der Waals surface area contributed by atoms with Gasteiger partial charge in [0.2, 0.25) is 5.91 Å². The van der Waals surface area contributed by atoms with Gasteiger partial charge in [-0.3, -0.25) is 14.6 Å². The average Bonchev–Trinajstić information content (AvgIpc) is 2.45. The summed E-state index contributed by atoms with van der Waals surface area (Å²) >= 11 is 0. The first-order valence-corrected chi connectivity index (χ1v) is 8.08. The second kappa shape index (κ2) is 6.99. The summed E-state index contributed by atoms with van der Waals surface area (Å²) in [5, 5.41) is 12.9. The third kappa shape index (κ3) is 4.54. The lowest BCUT2D eigenvalue weighted by Gasteiger charge is -2.28. The SMILES string of the molecule is CC(C)C(=O)Nc1cccc(N=CC2=C(O)CC(C)(C)CC2=O)c1. The second-order valence-corrected chi connectivity index (χ2v) is 7.25. The van der Waals surface area contributed by atoms with Crippen LogP contribution in [0.1, 0.15) is 40.5 Å². The van der Waals surface area contributed by atoms with Crippen LogP contribution in [0, 0.1) is 11.3 Å². The Morgan fingerprint density at radius 2 is 2.04 bits per heavy atom. The number of aliphatic hydroxyl groups is 1. The zero-order valence-electron chi connectivity index (χ0n) is 14.6. The summed E-state index contributed by atoms with van der Waals surface area (Å²) in [6.45, 7) is 7.55. The van der Waals surface area contributed by atoms with Crippen LogP contribution in [-0.2, 0) is 9.59 Å². The highest BCUT2D eigenvalue weighted by Gasteiger charge is 2.32. The Balaban J connectivity index is 2.18. The van der Waals surface area contributed by atoms with Crippen LogP contribution in [-0.4, -0.2) is 23.0 Å². The van der Waals surface area contributed by atoms with Crippen LogP contribution in [0.4, 0.5) is 11.4 Å². The number of aliphatic imine (C=N–C) groups is 1. The molecule has 0 bridgehead atoms. The van der Waals surface area contributed by atoms with Gasteiger partial charge in [-0.1, -0.05) is 33.8 Å². The van der Waals surface area contributed by atoms with Crippen LogP contribution in [0.5, 0.6) is 0 Å². The number of benzene rings is 1. The maximum absolute atomic E-state index is 12.2. The summed E-state index contributed by atoms with van der Waals surface area (Å²) in [6, 6.07) is 7.06. The van der Waals surface area contributed by atoms with Gasteiger partial charge in [0, 0.05) is 30.7 Å². The zero-order valence-corrected chi connectivity index (χ0v) is 14.6. The van der Waals surface area contributed by atoms with Crippen LogP contribution in [0.15, 0.2) is 40.6 Å². The highest BCUT2D eigenvalue weighted by molar-refractivity contribution is 6.14. The van der Waals surface area contributed by atoms with Crippen molar-refractivity contribution in [2.45, 2.75) is 40.5 Å². The molecule has 0 saturated carbocycles. The maximum atomic E-state index is 12.2. The molecule has 0 saturated heterocycles. The number of allylic oxidation sites excluding steroid dienone is 2. The van der Waals surface area contributed by atoms with Gasteiger partial charge in [0.15, 0.2) is 5.78 Å². The predicted molar refractivity (Wildman–Crippen MR) is 95.7 cm³/mol. The second-order valence-electron chi connectivity index (χ2n) is 7.25. The first kappa shape index (κ1) is 17.9. The fraction of sp³-hybridized carbons (Fsp3) is 0.421. The summed E-state index contributed by atoms with van der Waals surface area (Å²) in [7, 11) is 0. The van der Waals surface area contributed by atoms with Crippen molar-refractivity contribution in [3.63, 3.8) is 0 Å². The molecule has 1 amide bonds. The van der Waals surface area contributed by atoms with Crippen LogP contribution < -0.4 is 5.32 Å². The number of ketones is 1. The van der Waals surface area contributed by atoms with E-state index < -0.39 is 0 Å². The molecule has 5 nitrogen and oxygen atoms in total. The largest absolute Gasteiger partial charge is 0.511 e. The van der Waals surface area contributed by atoms with Crippen molar-refractivity contribution in [1.82, 2.24) is 0 Å². The van der Waals surface area contributed by atoms with E-state index in [1.165, 1.54) is 6.21 Å². The minimum absolute atomic E-state index is 0.0684. The number of carbonyl (C=O) groups is 2. The molecule has 0 spiro atoms. The fourth-order valence-corrected chi connectivity index (χ4v) is 2.54. The first-order valence-electron chi connectivity index (χ1n) is 8.08. The molecule has 1 aromatic rings. The number of amides is 1. The highest BCUT2D eigenvalue weighted by atomic mass is 16.3. The summed E-state index contributed by atoms with van der Waals surface area (Å²) in [5.74, 6) is -0.190. The molecule has 0 aliphatic heterocycles. The van der Waals surface area contributed by atoms with Crippen molar-refractivity contribution in [3.05, 3.63) is 35.6 Å². The van der Waals surface area contributed by atoms with Crippen LogP contribution >= 0.6 is 0 Å². The van der Waals surface area contributed by atoms with Gasteiger partial charge >= 0.3 is 0 Å². The topological polar surface area (TPSA) is 78.8 Å². The van der Waals surface area contributed by atoms with E-state index in [1.807, 2.05) is 27.7 Å². The molecule has 128 valence electrons. The summed E-state index contributed by atoms with van der Waals surface area (Å²) in [4.78, 5) is 28.2. The van der Waals surface area contributed by atoms with Crippen LogP contribution in [0.3, 0.4) is 0 Å². The van der Waals surface area contributed by atoms with E-state index in [0.29, 0.717) is 24.2 Å². The predicted octanol–water partition coefficient (Wildman–Crippen LogP) is 4.18. The lowest BCUT2D eigenvalue weighted by molar-refractivity contribution is -0.119. The lowest BCUT2D eigenvalue weighted by atomic mass is 9.77. The third-order valence-corrected chi connectivity index (χ3v) is 3.88. The van der Waals surface area contributed by atoms with Crippen LogP contribution in [0.2, 0.25) is 0 Å². The molecule has 5 heteroatoms. The molecule has 0 aromatic heterocycles. The molecule has 1 aliphatic rings. The van der Waals surface area contributed by atoms with E-state index in [0.717, 1.165) is 0 Å². The Labute approximate surface area is 142 Å². The number of carbonyl (C=O) groups excluding carboxylic acids is 2. The number of aliphatic hydroxyl groups excluding tert-OH is 1. The number of rotatable bonds is 4. The minimum atomic E-state index is -0.223. The Hall–Kier alpha value is -2.43. The molecular weight excluding hydrogens is 304 g/mol. The van der Waals surface area contributed by atoms with Gasteiger partial charge in [-0.05, 0) is 23.6 Å². The quantitative estimate of drug-likeness (QED) is 0.814. The molecule has 1 aromatic carbocycles. The van der Waals surface area contributed by atoms with E-state index in [-0.39, 0.29) is 34.4 Å². The monoisotopic (exact) mass is 328 g/mol. The van der Waals surface area contributed by atoms with Crippen molar-refractivity contribution < 1.29 is 14.7 Å². The van der Waals surface area contributed by atoms with E-state index >= 15 is 0 Å². The number of hydrogen-bond acceptors (Lipinski definition) is 4. The smallest absolute Gasteiger partial charge is 0.226 e.